The lowest BCUT2D eigenvalue weighted by Gasteiger charge is -2.03. The van der Waals surface area contributed by atoms with E-state index in [4.69, 9.17) is 9.47 Å². The molecule has 0 atom stereocenters. The first-order chi connectivity index (χ1) is 11.7. The van der Waals surface area contributed by atoms with Crippen molar-refractivity contribution in [3.63, 3.8) is 0 Å². The van der Waals surface area contributed by atoms with Crippen LogP contribution < -0.4 is 14.9 Å². The van der Waals surface area contributed by atoms with Gasteiger partial charge in [0, 0.05) is 27.1 Å². The van der Waals surface area contributed by atoms with Crippen LogP contribution in [0.2, 0.25) is 0 Å². The lowest BCUT2D eigenvalue weighted by molar-refractivity contribution is -0.120. The third-order valence-electron chi connectivity index (χ3n) is 3.23. The maximum atomic E-state index is 11.8. The Kier molecular flexibility index (Phi) is 5.77. The predicted molar refractivity (Wildman–Crippen MR) is 97.8 cm³/mol. The van der Waals surface area contributed by atoms with Crippen LogP contribution in [0.3, 0.4) is 0 Å². The molecule has 124 valence electrons. The summed E-state index contributed by atoms with van der Waals surface area (Å²) >= 11 is 5.09. The zero-order valence-electron chi connectivity index (χ0n) is 12.7. The van der Waals surface area contributed by atoms with Crippen molar-refractivity contribution in [2.75, 3.05) is 12.5 Å². The van der Waals surface area contributed by atoms with Gasteiger partial charge in [0.25, 0.3) is 0 Å². The Bertz CT molecular complexity index is 753. The number of thioether (sulfide) groups is 1. The number of fused-ring (bicyclic) bond motifs is 1. The van der Waals surface area contributed by atoms with Gasteiger partial charge in [-0.15, -0.1) is 11.8 Å². The van der Waals surface area contributed by atoms with E-state index in [0.717, 1.165) is 14.9 Å². The first kappa shape index (κ1) is 16.9. The van der Waals surface area contributed by atoms with Gasteiger partial charge in [0.1, 0.15) is 0 Å². The highest BCUT2D eigenvalue weighted by atomic mass is 79.9. The Morgan fingerprint density at radius 1 is 1.25 bits per heavy atom. The summed E-state index contributed by atoms with van der Waals surface area (Å²) in [6.45, 7) is 0.220. The number of benzene rings is 2. The molecule has 1 amide bonds. The summed E-state index contributed by atoms with van der Waals surface area (Å²) in [6.07, 6.45) is 1.98. The third kappa shape index (κ3) is 4.52. The Labute approximate surface area is 152 Å². The highest BCUT2D eigenvalue weighted by molar-refractivity contribution is 9.10. The molecule has 7 heteroatoms. The average molecular weight is 407 g/mol. The van der Waals surface area contributed by atoms with Gasteiger partial charge < -0.3 is 9.47 Å². The molecule has 24 heavy (non-hydrogen) atoms. The van der Waals surface area contributed by atoms with Crippen molar-refractivity contribution in [2.45, 2.75) is 11.3 Å². The van der Waals surface area contributed by atoms with E-state index >= 15 is 0 Å². The molecule has 3 rings (SSSR count). The molecule has 0 radical (unpaired) electrons. The standard InChI is InChI=1S/C17H15BrN2O3S/c18-14-9-16-15(22-11-23-16)8-12(14)10-19-20-17(21)6-7-24-13-4-2-1-3-5-13/h1-5,8-10H,6-7,11H2,(H,20,21)/b19-10-. The number of rotatable bonds is 6. The highest BCUT2D eigenvalue weighted by Crippen LogP contribution is 2.36. The molecule has 2 aromatic rings. The minimum Gasteiger partial charge on any atom is -0.454 e. The summed E-state index contributed by atoms with van der Waals surface area (Å²) in [4.78, 5) is 13.0. The second-order valence-corrected chi connectivity index (χ2v) is 6.95. The topological polar surface area (TPSA) is 59.9 Å². The molecule has 2 aromatic carbocycles. The molecule has 0 aromatic heterocycles. The van der Waals surface area contributed by atoms with Crippen molar-refractivity contribution < 1.29 is 14.3 Å². The normalized spacial score (nSPS) is 12.5. The number of carbonyl (C=O) groups excluding carboxylic acids is 1. The smallest absolute Gasteiger partial charge is 0.240 e. The lowest BCUT2D eigenvalue weighted by atomic mass is 10.2. The molecule has 0 saturated heterocycles. The molecule has 0 saturated carbocycles. The fourth-order valence-electron chi connectivity index (χ4n) is 2.04. The molecule has 1 N–H and O–H groups in total. The zero-order chi connectivity index (χ0) is 16.8. The summed E-state index contributed by atoms with van der Waals surface area (Å²) in [5, 5.41) is 3.99. The van der Waals surface area contributed by atoms with Crippen LogP contribution in [0.4, 0.5) is 0 Å². The van der Waals surface area contributed by atoms with Gasteiger partial charge >= 0.3 is 0 Å². The average Bonchev–Trinajstić information content (AvgIpc) is 3.03. The molecule has 0 bridgehead atoms. The van der Waals surface area contributed by atoms with Crippen LogP contribution in [-0.4, -0.2) is 24.7 Å². The van der Waals surface area contributed by atoms with Crippen molar-refractivity contribution in [3.05, 3.63) is 52.5 Å². The second kappa shape index (κ2) is 8.21. The van der Waals surface area contributed by atoms with Gasteiger partial charge in [0.15, 0.2) is 11.5 Å². The lowest BCUT2D eigenvalue weighted by Crippen LogP contribution is -2.17. The zero-order valence-corrected chi connectivity index (χ0v) is 15.1. The maximum absolute atomic E-state index is 11.8. The number of carbonyl (C=O) groups is 1. The predicted octanol–water partition coefficient (Wildman–Crippen LogP) is 3.81. The van der Waals surface area contributed by atoms with E-state index in [1.165, 1.54) is 0 Å². The van der Waals surface area contributed by atoms with Crippen LogP contribution in [-0.2, 0) is 4.79 Å². The monoisotopic (exact) mass is 406 g/mol. The molecule has 5 nitrogen and oxygen atoms in total. The van der Waals surface area contributed by atoms with Gasteiger partial charge in [-0.3, -0.25) is 4.79 Å². The van der Waals surface area contributed by atoms with Gasteiger partial charge in [0.2, 0.25) is 12.7 Å². The van der Waals surface area contributed by atoms with Gasteiger partial charge in [-0.1, -0.05) is 18.2 Å². The van der Waals surface area contributed by atoms with E-state index in [0.29, 0.717) is 23.7 Å². The van der Waals surface area contributed by atoms with E-state index in [9.17, 15) is 4.79 Å². The van der Waals surface area contributed by atoms with E-state index in [1.807, 2.05) is 42.5 Å². The van der Waals surface area contributed by atoms with Gasteiger partial charge in [-0.2, -0.15) is 5.10 Å². The Hall–Kier alpha value is -1.99. The number of hydrogen-bond donors (Lipinski definition) is 1. The molecular formula is C17H15BrN2O3S. The highest BCUT2D eigenvalue weighted by Gasteiger charge is 2.15. The summed E-state index contributed by atoms with van der Waals surface area (Å²) in [7, 11) is 0. The number of nitrogens with zero attached hydrogens (tertiary/aromatic N) is 1. The Morgan fingerprint density at radius 3 is 2.79 bits per heavy atom. The van der Waals surface area contributed by atoms with E-state index < -0.39 is 0 Å². The number of ether oxygens (including phenoxy) is 2. The van der Waals surface area contributed by atoms with E-state index in [2.05, 4.69) is 26.5 Å². The molecule has 1 aliphatic rings. The molecule has 0 aliphatic carbocycles. The van der Waals surface area contributed by atoms with Crippen LogP contribution in [0.15, 0.2) is 56.9 Å². The first-order valence-corrected chi connectivity index (χ1v) is 9.09. The number of nitrogens with one attached hydrogen (secondary N) is 1. The SMILES string of the molecule is O=C(CCSc1ccccc1)N/N=C\c1cc2c(cc1Br)OCO2. The summed E-state index contributed by atoms with van der Waals surface area (Å²) in [5.41, 5.74) is 3.34. The second-order valence-electron chi connectivity index (χ2n) is 4.93. The van der Waals surface area contributed by atoms with Crippen LogP contribution in [0.25, 0.3) is 0 Å². The number of amides is 1. The number of hydrazone groups is 1. The van der Waals surface area contributed by atoms with E-state index in [-0.39, 0.29) is 12.7 Å². The minimum absolute atomic E-state index is 0.119. The Balaban J connectivity index is 1.47. The molecule has 1 heterocycles. The Morgan fingerprint density at radius 2 is 2.00 bits per heavy atom. The van der Waals surface area contributed by atoms with Crippen molar-refractivity contribution in [1.82, 2.24) is 5.43 Å². The van der Waals surface area contributed by atoms with Crippen molar-refractivity contribution >= 4 is 39.8 Å². The summed E-state index contributed by atoms with van der Waals surface area (Å²) in [5.74, 6) is 1.96. The summed E-state index contributed by atoms with van der Waals surface area (Å²) < 4.78 is 11.4. The van der Waals surface area contributed by atoms with Gasteiger partial charge in [-0.05, 0) is 40.2 Å². The molecule has 0 fully saturated rings. The quantitative estimate of drug-likeness (QED) is 0.450. The third-order valence-corrected chi connectivity index (χ3v) is 4.93. The van der Waals surface area contributed by atoms with E-state index in [1.54, 1.807) is 18.0 Å². The number of hydrogen-bond acceptors (Lipinski definition) is 5. The number of halogens is 1. The van der Waals surface area contributed by atoms with Crippen LogP contribution in [0.5, 0.6) is 11.5 Å². The fraction of sp³-hybridized carbons (Fsp3) is 0.176. The van der Waals surface area contributed by atoms with Crippen molar-refractivity contribution in [1.29, 1.82) is 0 Å². The molecule has 1 aliphatic heterocycles. The molecule has 0 unspecified atom stereocenters. The largest absolute Gasteiger partial charge is 0.454 e. The van der Waals surface area contributed by atoms with Crippen molar-refractivity contribution in [2.24, 2.45) is 5.10 Å². The van der Waals surface area contributed by atoms with Crippen LogP contribution in [0.1, 0.15) is 12.0 Å². The first-order valence-electron chi connectivity index (χ1n) is 7.31. The minimum atomic E-state index is -0.119. The van der Waals surface area contributed by atoms with Crippen molar-refractivity contribution in [3.8, 4) is 11.5 Å². The fourth-order valence-corrected chi connectivity index (χ4v) is 3.34. The summed E-state index contributed by atoms with van der Waals surface area (Å²) in [6, 6.07) is 13.6. The van der Waals surface area contributed by atoms with Crippen LogP contribution >= 0.6 is 27.7 Å². The van der Waals surface area contributed by atoms with Gasteiger partial charge in [-0.25, -0.2) is 5.43 Å². The van der Waals surface area contributed by atoms with Crippen LogP contribution in [0, 0.1) is 0 Å². The van der Waals surface area contributed by atoms with Gasteiger partial charge in [0.05, 0.1) is 6.21 Å². The maximum Gasteiger partial charge on any atom is 0.240 e. The molecular weight excluding hydrogens is 392 g/mol. The molecule has 0 spiro atoms.